The molecule has 132 valence electrons. The maximum absolute atomic E-state index is 13.1. The van der Waals surface area contributed by atoms with Crippen molar-refractivity contribution in [1.82, 2.24) is 19.7 Å². The number of nitrogens with one attached hydrogen (secondary N) is 1. The van der Waals surface area contributed by atoms with Gasteiger partial charge in [0.15, 0.2) is 5.82 Å². The fourth-order valence-corrected chi connectivity index (χ4v) is 2.61. The molecule has 2 aromatic heterocycles. The Bertz CT molecular complexity index is 869. The first kappa shape index (κ1) is 17.5. The second-order valence-corrected chi connectivity index (χ2v) is 5.53. The Hall–Kier alpha value is -2.29. The number of fused-ring (bicyclic) bond motifs is 1. The van der Waals surface area contributed by atoms with Crippen LogP contribution in [0.1, 0.15) is 12.6 Å². The van der Waals surface area contributed by atoms with E-state index in [1.54, 1.807) is 16.8 Å². The third-order valence-electron chi connectivity index (χ3n) is 3.54. The smallest absolute Gasteiger partial charge is 0.225 e. The summed E-state index contributed by atoms with van der Waals surface area (Å²) in [7, 11) is 0. The van der Waals surface area contributed by atoms with Gasteiger partial charge in [0.2, 0.25) is 5.28 Å². The van der Waals surface area contributed by atoms with Gasteiger partial charge in [-0.05, 0) is 42.8 Å². The molecule has 3 aromatic rings. The lowest BCUT2D eigenvalue weighted by atomic mass is 10.3. The van der Waals surface area contributed by atoms with Crippen molar-refractivity contribution in [3.63, 3.8) is 0 Å². The molecule has 0 saturated carbocycles. The van der Waals surface area contributed by atoms with Gasteiger partial charge in [0, 0.05) is 12.3 Å². The van der Waals surface area contributed by atoms with E-state index < -0.39 is 0 Å². The highest BCUT2D eigenvalue weighted by Crippen LogP contribution is 2.27. The SMILES string of the molecule is CCOCCn1nc(CO)c2nc(Cl)nc(Nc3ccc(F)cc3)c21. The molecule has 0 bridgehead atoms. The summed E-state index contributed by atoms with van der Waals surface area (Å²) in [6, 6.07) is 5.86. The highest BCUT2D eigenvalue weighted by atomic mass is 35.5. The fourth-order valence-electron chi connectivity index (χ4n) is 2.44. The van der Waals surface area contributed by atoms with Crippen LogP contribution in [0, 0.1) is 5.82 Å². The number of hydrogen-bond acceptors (Lipinski definition) is 6. The van der Waals surface area contributed by atoms with Gasteiger partial charge in [0.05, 0.1) is 19.8 Å². The molecule has 0 aliphatic rings. The second kappa shape index (κ2) is 7.73. The van der Waals surface area contributed by atoms with Crippen molar-refractivity contribution in [3.05, 3.63) is 41.1 Å². The summed E-state index contributed by atoms with van der Waals surface area (Å²) >= 11 is 6.01. The van der Waals surface area contributed by atoms with Crippen LogP contribution >= 0.6 is 11.6 Å². The topological polar surface area (TPSA) is 85.1 Å². The summed E-state index contributed by atoms with van der Waals surface area (Å²) in [5.41, 5.74) is 2.10. The van der Waals surface area contributed by atoms with E-state index in [0.29, 0.717) is 48.0 Å². The second-order valence-electron chi connectivity index (χ2n) is 5.20. The van der Waals surface area contributed by atoms with Crippen LogP contribution in [0.3, 0.4) is 0 Å². The van der Waals surface area contributed by atoms with E-state index in [-0.39, 0.29) is 17.7 Å². The molecule has 0 unspecified atom stereocenters. The lowest BCUT2D eigenvalue weighted by molar-refractivity contribution is 0.137. The Morgan fingerprint density at radius 2 is 2.04 bits per heavy atom. The van der Waals surface area contributed by atoms with E-state index in [4.69, 9.17) is 16.3 Å². The zero-order valence-electron chi connectivity index (χ0n) is 13.5. The first-order valence-corrected chi connectivity index (χ1v) is 8.14. The molecule has 0 aliphatic carbocycles. The lowest BCUT2D eigenvalue weighted by Crippen LogP contribution is -2.09. The van der Waals surface area contributed by atoms with Crippen LogP contribution < -0.4 is 5.32 Å². The minimum absolute atomic E-state index is 0.0242. The van der Waals surface area contributed by atoms with Crippen molar-refractivity contribution in [2.24, 2.45) is 0 Å². The normalized spacial score (nSPS) is 11.2. The van der Waals surface area contributed by atoms with Gasteiger partial charge in [0.25, 0.3) is 0 Å². The first-order valence-electron chi connectivity index (χ1n) is 7.76. The average Bonchev–Trinajstić information content (AvgIpc) is 2.95. The van der Waals surface area contributed by atoms with E-state index in [1.807, 2.05) is 6.92 Å². The van der Waals surface area contributed by atoms with Crippen molar-refractivity contribution < 1.29 is 14.2 Å². The maximum atomic E-state index is 13.1. The van der Waals surface area contributed by atoms with Crippen LogP contribution in [-0.2, 0) is 17.9 Å². The van der Waals surface area contributed by atoms with Gasteiger partial charge in [-0.3, -0.25) is 4.68 Å². The summed E-state index contributed by atoms with van der Waals surface area (Å²) in [5.74, 6) is 0.0889. The van der Waals surface area contributed by atoms with Crippen LogP contribution in [0.5, 0.6) is 0 Å². The molecule has 0 spiro atoms. The molecule has 3 rings (SSSR count). The maximum Gasteiger partial charge on any atom is 0.225 e. The molecule has 0 aliphatic heterocycles. The minimum Gasteiger partial charge on any atom is -0.390 e. The van der Waals surface area contributed by atoms with E-state index in [9.17, 15) is 9.50 Å². The van der Waals surface area contributed by atoms with Crippen molar-refractivity contribution >= 4 is 34.1 Å². The quantitative estimate of drug-likeness (QED) is 0.494. The molecule has 25 heavy (non-hydrogen) atoms. The minimum atomic E-state index is -0.333. The molecule has 0 fully saturated rings. The standard InChI is InChI=1S/C16H17ClFN5O2/c1-2-25-8-7-23-14-13(12(9-24)22-23)20-16(17)21-15(14)19-11-5-3-10(18)4-6-11/h3-6,24H,2,7-9H2,1H3,(H,19,20,21). The highest BCUT2D eigenvalue weighted by Gasteiger charge is 2.18. The van der Waals surface area contributed by atoms with E-state index >= 15 is 0 Å². The number of aliphatic hydroxyl groups is 1. The fraction of sp³-hybridized carbons (Fsp3) is 0.312. The van der Waals surface area contributed by atoms with Gasteiger partial charge in [-0.1, -0.05) is 0 Å². The summed E-state index contributed by atoms with van der Waals surface area (Å²) in [6.07, 6.45) is 0. The van der Waals surface area contributed by atoms with Crippen molar-refractivity contribution in [2.75, 3.05) is 18.5 Å². The van der Waals surface area contributed by atoms with E-state index in [0.717, 1.165) is 0 Å². The number of aromatic nitrogens is 4. The summed E-state index contributed by atoms with van der Waals surface area (Å²) < 4.78 is 20.1. The van der Waals surface area contributed by atoms with Gasteiger partial charge >= 0.3 is 0 Å². The number of anilines is 2. The van der Waals surface area contributed by atoms with Gasteiger partial charge < -0.3 is 15.2 Å². The number of rotatable bonds is 7. The zero-order chi connectivity index (χ0) is 17.8. The van der Waals surface area contributed by atoms with Crippen LogP contribution in [0.4, 0.5) is 15.9 Å². The van der Waals surface area contributed by atoms with Crippen molar-refractivity contribution in [3.8, 4) is 0 Å². The molecule has 0 amide bonds. The molecule has 0 atom stereocenters. The Labute approximate surface area is 148 Å². The Kier molecular flexibility index (Phi) is 5.42. The first-order chi connectivity index (χ1) is 12.1. The molecular formula is C16H17ClFN5O2. The number of benzene rings is 1. The Morgan fingerprint density at radius 3 is 2.72 bits per heavy atom. The zero-order valence-corrected chi connectivity index (χ0v) is 14.3. The van der Waals surface area contributed by atoms with Crippen LogP contribution in [-0.4, -0.2) is 38.1 Å². The molecule has 7 nitrogen and oxygen atoms in total. The van der Waals surface area contributed by atoms with E-state index in [2.05, 4.69) is 20.4 Å². The van der Waals surface area contributed by atoms with Crippen LogP contribution in [0.25, 0.3) is 11.0 Å². The van der Waals surface area contributed by atoms with Gasteiger partial charge in [-0.15, -0.1) is 0 Å². The summed E-state index contributed by atoms with van der Waals surface area (Å²) in [5, 5.41) is 17.0. The average molecular weight is 366 g/mol. The summed E-state index contributed by atoms with van der Waals surface area (Å²) in [4.78, 5) is 8.40. The molecule has 2 heterocycles. The lowest BCUT2D eigenvalue weighted by Gasteiger charge is -2.10. The largest absolute Gasteiger partial charge is 0.390 e. The number of ether oxygens (including phenoxy) is 1. The number of hydrogen-bond donors (Lipinski definition) is 2. The van der Waals surface area contributed by atoms with Crippen molar-refractivity contribution in [2.45, 2.75) is 20.1 Å². The molecule has 9 heteroatoms. The molecule has 2 N–H and O–H groups in total. The van der Waals surface area contributed by atoms with Crippen LogP contribution in [0.15, 0.2) is 24.3 Å². The molecular weight excluding hydrogens is 349 g/mol. The third-order valence-corrected chi connectivity index (χ3v) is 3.71. The Morgan fingerprint density at radius 1 is 1.28 bits per heavy atom. The summed E-state index contributed by atoms with van der Waals surface area (Å²) in [6.45, 7) is 3.14. The highest BCUT2D eigenvalue weighted by molar-refractivity contribution is 6.28. The molecule has 1 aromatic carbocycles. The van der Waals surface area contributed by atoms with Gasteiger partial charge in [-0.2, -0.15) is 10.1 Å². The van der Waals surface area contributed by atoms with Gasteiger partial charge in [0.1, 0.15) is 22.5 Å². The monoisotopic (exact) mass is 365 g/mol. The van der Waals surface area contributed by atoms with E-state index in [1.165, 1.54) is 12.1 Å². The number of aliphatic hydroxyl groups excluding tert-OH is 1. The third kappa shape index (κ3) is 3.87. The van der Waals surface area contributed by atoms with Gasteiger partial charge in [-0.25, -0.2) is 9.37 Å². The predicted octanol–water partition coefficient (Wildman–Crippen LogP) is 2.89. The van der Waals surface area contributed by atoms with Crippen LogP contribution in [0.2, 0.25) is 5.28 Å². The molecule has 0 radical (unpaired) electrons. The molecule has 0 saturated heterocycles. The van der Waals surface area contributed by atoms with Crippen molar-refractivity contribution in [1.29, 1.82) is 0 Å². The Balaban J connectivity index is 2.05. The number of nitrogens with zero attached hydrogens (tertiary/aromatic N) is 4. The predicted molar refractivity (Wildman–Crippen MR) is 92.4 cm³/mol. The number of halogens is 2.